The number of hydrogen-bond donors (Lipinski definition) is 1. The van der Waals surface area contributed by atoms with Gasteiger partial charge in [-0.3, -0.25) is 0 Å². The monoisotopic (exact) mass is 260 g/mol. The number of halogens is 1. The molecule has 16 heavy (non-hydrogen) atoms. The van der Waals surface area contributed by atoms with Gasteiger partial charge in [-0.15, -0.1) is 0 Å². The highest BCUT2D eigenvalue weighted by Crippen LogP contribution is 2.28. The van der Waals surface area contributed by atoms with Gasteiger partial charge in [0.2, 0.25) is 0 Å². The maximum absolute atomic E-state index is 9.59. The van der Waals surface area contributed by atoms with Gasteiger partial charge in [0.25, 0.3) is 0 Å². The van der Waals surface area contributed by atoms with E-state index in [1.54, 1.807) is 25.1 Å². The van der Waals surface area contributed by atoms with Gasteiger partial charge in [0.15, 0.2) is 0 Å². The Balaban J connectivity index is 2.64. The molecule has 0 bridgehead atoms. The summed E-state index contributed by atoms with van der Waals surface area (Å²) in [5.74, 6) is 2.77. The normalized spacial score (nSPS) is 12.5. The van der Waals surface area contributed by atoms with Crippen molar-refractivity contribution in [2.24, 2.45) is 0 Å². The molecule has 4 heteroatoms. The van der Waals surface area contributed by atoms with Gasteiger partial charge < -0.3 is 9.84 Å². The summed E-state index contributed by atoms with van der Waals surface area (Å²) in [5, 5.41) is 10.2. The average Bonchev–Trinajstić information content (AvgIpc) is 2.26. The molecular formula is C12H17ClO2S. The van der Waals surface area contributed by atoms with E-state index in [1.165, 1.54) is 0 Å². The van der Waals surface area contributed by atoms with Crippen LogP contribution in [0.15, 0.2) is 18.2 Å². The number of thioether (sulfide) groups is 1. The third-order valence-electron chi connectivity index (χ3n) is 2.11. The predicted octanol–water partition coefficient (Wildman–Crippen LogP) is 3.53. The van der Waals surface area contributed by atoms with Crippen molar-refractivity contribution in [1.82, 2.24) is 0 Å². The Morgan fingerprint density at radius 1 is 1.50 bits per heavy atom. The lowest BCUT2D eigenvalue weighted by atomic mass is 10.1. The summed E-state index contributed by atoms with van der Waals surface area (Å²) in [7, 11) is 0. The minimum atomic E-state index is -0.562. The first-order valence-electron chi connectivity index (χ1n) is 5.33. The molecule has 0 spiro atoms. The Morgan fingerprint density at radius 2 is 2.25 bits per heavy atom. The standard InChI is InChI=1S/C12H17ClO2S/c1-3-16-7-6-15-12-5-4-10(13)8-11(12)9(2)14/h4-5,8-9,14H,3,6-7H2,1-2H3/t9-/m0/s1. The third-order valence-corrected chi connectivity index (χ3v) is 3.21. The number of ether oxygens (including phenoxy) is 1. The minimum Gasteiger partial charge on any atom is -0.492 e. The van der Waals surface area contributed by atoms with Crippen LogP contribution in [-0.4, -0.2) is 23.2 Å². The zero-order valence-electron chi connectivity index (χ0n) is 9.57. The van der Waals surface area contributed by atoms with Crippen LogP contribution in [0.25, 0.3) is 0 Å². The van der Waals surface area contributed by atoms with E-state index in [4.69, 9.17) is 16.3 Å². The molecule has 1 rings (SSSR count). The van der Waals surface area contributed by atoms with Crippen LogP contribution >= 0.6 is 23.4 Å². The zero-order chi connectivity index (χ0) is 12.0. The van der Waals surface area contributed by atoms with Crippen molar-refractivity contribution in [3.8, 4) is 5.75 Å². The van der Waals surface area contributed by atoms with Gasteiger partial charge in [-0.25, -0.2) is 0 Å². The predicted molar refractivity (Wildman–Crippen MR) is 70.6 cm³/mol. The van der Waals surface area contributed by atoms with Crippen LogP contribution in [-0.2, 0) is 0 Å². The molecule has 0 aliphatic rings. The molecule has 0 aliphatic heterocycles. The van der Waals surface area contributed by atoms with Gasteiger partial charge in [0, 0.05) is 16.3 Å². The van der Waals surface area contributed by atoms with Crippen molar-refractivity contribution in [3.63, 3.8) is 0 Å². The van der Waals surface area contributed by atoms with E-state index in [1.807, 2.05) is 11.8 Å². The van der Waals surface area contributed by atoms with Gasteiger partial charge >= 0.3 is 0 Å². The number of rotatable bonds is 6. The molecule has 0 aromatic heterocycles. The molecule has 90 valence electrons. The second-order valence-corrected chi connectivity index (χ2v) is 5.23. The number of hydrogen-bond acceptors (Lipinski definition) is 3. The first-order chi connectivity index (χ1) is 7.65. The zero-order valence-corrected chi connectivity index (χ0v) is 11.1. The molecular weight excluding hydrogens is 244 g/mol. The molecule has 1 atom stereocenters. The largest absolute Gasteiger partial charge is 0.492 e. The van der Waals surface area contributed by atoms with Crippen molar-refractivity contribution in [3.05, 3.63) is 28.8 Å². The van der Waals surface area contributed by atoms with Crippen molar-refractivity contribution in [2.75, 3.05) is 18.1 Å². The van der Waals surface area contributed by atoms with E-state index < -0.39 is 6.10 Å². The molecule has 0 saturated heterocycles. The fourth-order valence-electron chi connectivity index (χ4n) is 1.33. The average molecular weight is 261 g/mol. The Labute approximate surface area is 106 Å². The first-order valence-corrected chi connectivity index (χ1v) is 6.86. The summed E-state index contributed by atoms with van der Waals surface area (Å²) in [6.07, 6.45) is -0.562. The lowest BCUT2D eigenvalue weighted by Gasteiger charge is -2.13. The quantitative estimate of drug-likeness (QED) is 0.794. The van der Waals surface area contributed by atoms with Gasteiger partial charge in [-0.2, -0.15) is 11.8 Å². The SMILES string of the molecule is CCSCCOc1ccc(Cl)cc1[C@H](C)O. The summed E-state index contributed by atoms with van der Waals surface area (Å²) in [5.41, 5.74) is 0.744. The summed E-state index contributed by atoms with van der Waals surface area (Å²) >= 11 is 7.71. The molecule has 1 N–H and O–H groups in total. The molecule has 0 fully saturated rings. The van der Waals surface area contributed by atoms with E-state index in [9.17, 15) is 5.11 Å². The minimum absolute atomic E-state index is 0.562. The topological polar surface area (TPSA) is 29.5 Å². The molecule has 0 unspecified atom stereocenters. The van der Waals surface area contributed by atoms with Gasteiger partial charge in [0.1, 0.15) is 5.75 Å². The second-order valence-electron chi connectivity index (χ2n) is 3.40. The number of aliphatic hydroxyl groups is 1. The Hall–Kier alpha value is -0.380. The highest BCUT2D eigenvalue weighted by atomic mass is 35.5. The van der Waals surface area contributed by atoms with Crippen LogP contribution in [0, 0.1) is 0 Å². The van der Waals surface area contributed by atoms with Crippen LogP contribution in [0.1, 0.15) is 25.5 Å². The molecule has 2 nitrogen and oxygen atoms in total. The van der Waals surface area contributed by atoms with Crippen LogP contribution in [0.3, 0.4) is 0 Å². The van der Waals surface area contributed by atoms with E-state index in [2.05, 4.69) is 6.92 Å². The van der Waals surface area contributed by atoms with E-state index >= 15 is 0 Å². The van der Waals surface area contributed by atoms with Crippen LogP contribution in [0.2, 0.25) is 5.02 Å². The molecule has 0 amide bonds. The van der Waals surface area contributed by atoms with Gasteiger partial charge in [-0.1, -0.05) is 18.5 Å². The van der Waals surface area contributed by atoms with Gasteiger partial charge in [0.05, 0.1) is 12.7 Å². The fourth-order valence-corrected chi connectivity index (χ4v) is 2.00. The van der Waals surface area contributed by atoms with Crippen LogP contribution in [0.4, 0.5) is 0 Å². The Morgan fingerprint density at radius 3 is 2.88 bits per heavy atom. The molecule has 1 aromatic carbocycles. The van der Waals surface area contributed by atoms with Crippen molar-refractivity contribution in [2.45, 2.75) is 20.0 Å². The molecule has 0 saturated carbocycles. The lowest BCUT2D eigenvalue weighted by molar-refractivity contribution is 0.192. The van der Waals surface area contributed by atoms with Crippen molar-refractivity contribution < 1.29 is 9.84 Å². The highest BCUT2D eigenvalue weighted by Gasteiger charge is 2.09. The lowest BCUT2D eigenvalue weighted by Crippen LogP contribution is -2.04. The Bertz CT molecular complexity index is 329. The number of benzene rings is 1. The van der Waals surface area contributed by atoms with Gasteiger partial charge in [-0.05, 0) is 30.9 Å². The maximum Gasteiger partial charge on any atom is 0.125 e. The van der Waals surface area contributed by atoms with E-state index in [0.717, 1.165) is 22.8 Å². The maximum atomic E-state index is 9.59. The molecule has 1 aromatic rings. The summed E-state index contributed by atoms with van der Waals surface area (Å²) in [6, 6.07) is 5.32. The molecule has 0 aliphatic carbocycles. The number of aliphatic hydroxyl groups excluding tert-OH is 1. The van der Waals surface area contributed by atoms with Crippen molar-refractivity contribution >= 4 is 23.4 Å². The summed E-state index contributed by atoms with van der Waals surface area (Å²) < 4.78 is 5.62. The Kier molecular flexibility index (Phi) is 6.03. The summed E-state index contributed by atoms with van der Waals surface area (Å²) in [4.78, 5) is 0. The smallest absolute Gasteiger partial charge is 0.125 e. The van der Waals surface area contributed by atoms with Crippen molar-refractivity contribution in [1.29, 1.82) is 0 Å². The highest BCUT2D eigenvalue weighted by molar-refractivity contribution is 7.99. The summed E-state index contributed by atoms with van der Waals surface area (Å²) in [6.45, 7) is 4.48. The van der Waals surface area contributed by atoms with Crippen LogP contribution in [0.5, 0.6) is 5.75 Å². The third kappa shape index (κ3) is 4.24. The van der Waals surface area contributed by atoms with E-state index in [-0.39, 0.29) is 0 Å². The first kappa shape index (κ1) is 13.7. The molecule has 0 heterocycles. The fraction of sp³-hybridized carbons (Fsp3) is 0.500. The van der Waals surface area contributed by atoms with E-state index in [0.29, 0.717) is 11.6 Å². The second kappa shape index (κ2) is 7.05. The van der Waals surface area contributed by atoms with Crippen LogP contribution < -0.4 is 4.74 Å². The molecule has 0 radical (unpaired) electrons.